The molecule has 0 unspecified atom stereocenters. The van der Waals surface area contributed by atoms with Crippen LogP contribution in [0.4, 0.5) is 0 Å². The van der Waals surface area contributed by atoms with Gasteiger partial charge in [-0.05, 0) is 88.4 Å². The minimum absolute atomic E-state index is 0.00191. The standard InChI is InChI=1S/C55H58O8/c1-5-26-54(27-6-2)45-19-13-12-18-41(45)42-24-21-39(35-46(42)54)50(57)52(59)62-32-14-30-61-31-15-33-63-53(60)51(58)40-22-25-44-43-23-20-38(49(56)37-16-10-9-11-17-37)34-47(43)55(28-7-3,29-8-4)48(44)36-40/h9-13,16-25,34-36H,5-8,14-15,26-33H2,1-4H3. The molecule has 326 valence electrons. The van der Waals surface area contributed by atoms with Crippen LogP contribution in [0, 0.1) is 0 Å². The summed E-state index contributed by atoms with van der Waals surface area (Å²) in [6, 6.07) is 34.7. The van der Waals surface area contributed by atoms with Crippen molar-refractivity contribution in [2.24, 2.45) is 0 Å². The van der Waals surface area contributed by atoms with Crippen molar-refractivity contribution < 1.29 is 38.2 Å². The van der Waals surface area contributed by atoms with Gasteiger partial charge >= 0.3 is 11.9 Å². The van der Waals surface area contributed by atoms with E-state index in [4.69, 9.17) is 14.2 Å². The van der Waals surface area contributed by atoms with E-state index in [9.17, 15) is 24.0 Å². The lowest BCUT2D eigenvalue weighted by molar-refractivity contribution is -0.138. The Kier molecular flexibility index (Phi) is 14.3. The zero-order chi connectivity index (χ0) is 44.6. The maximum atomic E-state index is 13.5. The van der Waals surface area contributed by atoms with Crippen LogP contribution < -0.4 is 0 Å². The van der Waals surface area contributed by atoms with Crippen LogP contribution in [0.15, 0.2) is 109 Å². The second-order valence-electron chi connectivity index (χ2n) is 16.9. The average Bonchev–Trinajstić information content (AvgIpc) is 3.73. The van der Waals surface area contributed by atoms with Crippen LogP contribution in [0.25, 0.3) is 22.3 Å². The van der Waals surface area contributed by atoms with Crippen molar-refractivity contribution in [2.75, 3.05) is 26.4 Å². The Bertz CT molecular complexity index is 2490. The van der Waals surface area contributed by atoms with E-state index in [1.165, 1.54) is 11.1 Å². The molecule has 63 heavy (non-hydrogen) atoms. The summed E-state index contributed by atoms with van der Waals surface area (Å²) in [4.78, 5) is 66.0. The highest BCUT2D eigenvalue weighted by Crippen LogP contribution is 2.55. The topological polar surface area (TPSA) is 113 Å². The van der Waals surface area contributed by atoms with Crippen LogP contribution in [-0.2, 0) is 34.6 Å². The normalized spacial score (nSPS) is 13.7. The number of carbonyl (C=O) groups excluding carboxylic acids is 5. The molecule has 5 aromatic carbocycles. The van der Waals surface area contributed by atoms with Gasteiger partial charge in [0.15, 0.2) is 5.78 Å². The van der Waals surface area contributed by atoms with Crippen LogP contribution in [-0.4, -0.2) is 55.7 Å². The minimum Gasteiger partial charge on any atom is -0.460 e. The van der Waals surface area contributed by atoms with Crippen LogP contribution in [0.5, 0.6) is 0 Å². The van der Waals surface area contributed by atoms with E-state index >= 15 is 0 Å². The number of hydrogen-bond donors (Lipinski definition) is 0. The Labute approximate surface area is 371 Å². The smallest absolute Gasteiger partial charge is 0.379 e. The first-order chi connectivity index (χ1) is 30.6. The Balaban J connectivity index is 0.880. The number of ether oxygens (including phenoxy) is 3. The summed E-state index contributed by atoms with van der Waals surface area (Å²) in [7, 11) is 0. The van der Waals surface area contributed by atoms with Crippen molar-refractivity contribution >= 4 is 29.3 Å². The van der Waals surface area contributed by atoms with E-state index in [-0.39, 0.29) is 43.2 Å². The molecule has 0 fully saturated rings. The molecule has 0 radical (unpaired) electrons. The van der Waals surface area contributed by atoms with Crippen molar-refractivity contribution in [3.63, 3.8) is 0 Å². The van der Waals surface area contributed by atoms with Crippen LogP contribution in [0.2, 0.25) is 0 Å². The van der Waals surface area contributed by atoms with Crippen LogP contribution in [0.1, 0.15) is 151 Å². The fraction of sp³-hybridized carbons (Fsp3) is 0.364. The largest absolute Gasteiger partial charge is 0.460 e. The molecule has 0 aliphatic heterocycles. The lowest BCUT2D eigenvalue weighted by Gasteiger charge is -2.32. The highest BCUT2D eigenvalue weighted by atomic mass is 16.5. The molecule has 0 amide bonds. The highest BCUT2D eigenvalue weighted by molar-refractivity contribution is 6.41. The van der Waals surface area contributed by atoms with Gasteiger partial charge in [-0.25, -0.2) is 9.59 Å². The third-order valence-electron chi connectivity index (χ3n) is 12.9. The van der Waals surface area contributed by atoms with Gasteiger partial charge in [0.1, 0.15) is 0 Å². The zero-order valence-corrected chi connectivity index (χ0v) is 37.1. The Hall–Kier alpha value is -5.99. The monoisotopic (exact) mass is 846 g/mol. The number of carbonyl (C=O) groups is 5. The molecule has 0 N–H and O–H groups in total. The minimum atomic E-state index is -0.927. The summed E-state index contributed by atoms with van der Waals surface area (Å²) in [6.45, 7) is 9.21. The quantitative estimate of drug-likeness (QED) is 0.0293. The lowest BCUT2D eigenvalue weighted by atomic mass is 9.71. The van der Waals surface area contributed by atoms with Crippen molar-refractivity contribution in [3.8, 4) is 22.3 Å². The molecule has 7 rings (SSSR count). The predicted octanol–water partition coefficient (Wildman–Crippen LogP) is 11.6. The number of ketones is 3. The molecule has 0 bridgehead atoms. The van der Waals surface area contributed by atoms with Crippen molar-refractivity contribution in [1.82, 2.24) is 0 Å². The summed E-state index contributed by atoms with van der Waals surface area (Å²) in [5, 5.41) is 0. The van der Waals surface area contributed by atoms with E-state index in [2.05, 4.69) is 45.9 Å². The molecule has 2 aliphatic carbocycles. The third kappa shape index (κ3) is 8.83. The predicted molar refractivity (Wildman–Crippen MR) is 245 cm³/mol. The van der Waals surface area contributed by atoms with E-state index in [0.717, 1.165) is 84.7 Å². The molecular weight excluding hydrogens is 789 g/mol. The van der Waals surface area contributed by atoms with Gasteiger partial charge in [0.2, 0.25) is 0 Å². The van der Waals surface area contributed by atoms with E-state index in [1.54, 1.807) is 12.1 Å². The first-order valence-electron chi connectivity index (χ1n) is 22.8. The number of benzene rings is 5. The summed E-state index contributed by atoms with van der Waals surface area (Å²) in [6.07, 6.45) is 8.12. The maximum Gasteiger partial charge on any atom is 0.379 e. The van der Waals surface area contributed by atoms with Crippen molar-refractivity contribution in [2.45, 2.75) is 103 Å². The Morgan fingerprint density at radius 1 is 0.413 bits per heavy atom. The molecule has 0 heterocycles. The Morgan fingerprint density at radius 3 is 1.29 bits per heavy atom. The second kappa shape index (κ2) is 20.0. The zero-order valence-electron chi connectivity index (χ0n) is 37.1. The number of hydrogen-bond acceptors (Lipinski definition) is 8. The Morgan fingerprint density at radius 2 is 0.810 bits per heavy atom. The molecule has 2 aliphatic rings. The van der Waals surface area contributed by atoms with Gasteiger partial charge in [0.05, 0.1) is 13.2 Å². The van der Waals surface area contributed by atoms with E-state index in [0.29, 0.717) is 29.5 Å². The van der Waals surface area contributed by atoms with Crippen LogP contribution >= 0.6 is 0 Å². The molecular formula is C55H58O8. The summed E-state index contributed by atoms with van der Waals surface area (Å²) >= 11 is 0. The average molecular weight is 847 g/mol. The second-order valence-corrected chi connectivity index (χ2v) is 16.9. The molecule has 0 spiro atoms. The summed E-state index contributed by atoms with van der Waals surface area (Å²) in [5.41, 5.74) is 10.1. The van der Waals surface area contributed by atoms with Gasteiger partial charge in [-0.1, -0.05) is 144 Å². The first kappa shape index (κ1) is 45.0. The first-order valence-corrected chi connectivity index (χ1v) is 22.8. The molecule has 5 aromatic rings. The van der Waals surface area contributed by atoms with Gasteiger partial charge in [0.25, 0.3) is 11.6 Å². The lowest BCUT2D eigenvalue weighted by Crippen LogP contribution is -2.26. The van der Waals surface area contributed by atoms with Gasteiger partial charge < -0.3 is 14.2 Å². The maximum absolute atomic E-state index is 13.5. The van der Waals surface area contributed by atoms with Gasteiger partial charge in [-0.15, -0.1) is 0 Å². The van der Waals surface area contributed by atoms with E-state index in [1.807, 2.05) is 78.9 Å². The SMILES string of the molecule is CCCC1(CCC)c2ccccc2-c2ccc(C(=O)C(=O)OCCCOCCCOC(=O)C(=O)c3ccc4c(c3)C(CCC)(CCC)c3cc(C(=O)c5ccccc5)ccc3-4)cc21. The molecule has 8 nitrogen and oxygen atoms in total. The van der Waals surface area contributed by atoms with Gasteiger partial charge in [-0.2, -0.15) is 0 Å². The van der Waals surface area contributed by atoms with Crippen LogP contribution in [0.3, 0.4) is 0 Å². The van der Waals surface area contributed by atoms with E-state index < -0.39 is 28.9 Å². The fourth-order valence-corrected chi connectivity index (χ4v) is 10.3. The third-order valence-corrected chi connectivity index (χ3v) is 12.9. The summed E-state index contributed by atoms with van der Waals surface area (Å²) < 4.78 is 16.4. The number of esters is 2. The molecule has 0 aromatic heterocycles. The fourth-order valence-electron chi connectivity index (χ4n) is 10.3. The number of rotatable bonds is 22. The van der Waals surface area contributed by atoms with Crippen molar-refractivity contribution in [3.05, 3.63) is 154 Å². The molecule has 0 saturated carbocycles. The highest BCUT2D eigenvalue weighted by Gasteiger charge is 2.44. The van der Waals surface area contributed by atoms with Gasteiger partial charge in [0, 0.05) is 59.1 Å². The molecule has 0 saturated heterocycles. The number of fused-ring (bicyclic) bond motifs is 6. The van der Waals surface area contributed by atoms with Gasteiger partial charge in [-0.3, -0.25) is 14.4 Å². The summed E-state index contributed by atoms with van der Waals surface area (Å²) in [5.74, 6) is -3.22. The molecule has 0 atom stereocenters. The molecule has 8 heteroatoms. The van der Waals surface area contributed by atoms with Crippen molar-refractivity contribution in [1.29, 1.82) is 0 Å². The number of Topliss-reactive ketones (excluding diaryl/α,β-unsaturated/α-hetero) is 2.